The molecule has 3 heteroatoms. The molecule has 0 radical (unpaired) electrons. The molecule has 100 valence electrons. The summed E-state index contributed by atoms with van der Waals surface area (Å²) in [6.45, 7) is 3.18. The van der Waals surface area contributed by atoms with Crippen molar-refractivity contribution in [3.8, 4) is 16.9 Å². The van der Waals surface area contributed by atoms with E-state index in [0.29, 0.717) is 13.2 Å². The number of aryl methyl sites for hydroxylation is 1. The van der Waals surface area contributed by atoms with Gasteiger partial charge < -0.3 is 15.2 Å². The van der Waals surface area contributed by atoms with Gasteiger partial charge >= 0.3 is 0 Å². The van der Waals surface area contributed by atoms with Crippen LogP contribution in [-0.4, -0.2) is 20.3 Å². The maximum atomic E-state index is 5.88. The molecule has 0 bridgehead atoms. The average Bonchev–Trinajstić information content (AvgIpc) is 2.42. The van der Waals surface area contributed by atoms with Gasteiger partial charge in [-0.15, -0.1) is 0 Å². The van der Waals surface area contributed by atoms with Crippen molar-refractivity contribution in [3.63, 3.8) is 0 Å². The van der Waals surface area contributed by atoms with Gasteiger partial charge in [-0.25, -0.2) is 0 Å². The van der Waals surface area contributed by atoms with Gasteiger partial charge in [-0.1, -0.05) is 24.3 Å². The molecule has 19 heavy (non-hydrogen) atoms. The maximum absolute atomic E-state index is 5.88. The van der Waals surface area contributed by atoms with Crippen LogP contribution < -0.4 is 10.5 Å². The number of hydrogen-bond acceptors (Lipinski definition) is 3. The first-order chi connectivity index (χ1) is 9.22. The van der Waals surface area contributed by atoms with E-state index >= 15 is 0 Å². The van der Waals surface area contributed by atoms with Crippen LogP contribution >= 0.6 is 0 Å². The third-order valence-corrected chi connectivity index (χ3v) is 2.98. The minimum absolute atomic E-state index is 0.537. The van der Waals surface area contributed by atoms with Gasteiger partial charge in [-0.2, -0.15) is 0 Å². The second-order valence-electron chi connectivity index (χ2n) is 4.41. The quantitative estimate of drug-likeness (QED) is 0.660. The third-order valence-electron chi connectivity index (χ3n) is 2.98. The Balaban J connectivity index is 2.35. The summed E-state index contributed by atoms with van der Waals surface area (Å²) in [5, 5.41) is 0. The average molecular weight is 257 g/mol. The molecule has 0 aliphatic carbocycles. The molecule has 0 atom stereocenters. The molecule has 2 aromatic rings. The van der Waals surface area contributed by atoms with Crippen molar-refractivity contribution in [1.29, 1.82) is 0 Å². The summed E-state index contributed by atoms with van der Waals surface area (Å²) >= 11 is 0. The highest BCUT2D eigenvalue weighted by Crippen LogP contribution is 2.33. The van der Waals surface area contributed by atoms with Gasteiger partial charge in [0, 0.05) is 18.4 Å². The molecule has 3 nitrogen and oxygen atoms in total. The molecule has 0 amide bonds. The Morgan fingerprint density at radius 1 is 1.00 bits per heavy atom. The fourth-order valence-electron chi connectivity index (χ4n) is 1.98. The number of methoxy groups -OCH3 is 1. The number of para-hydroxylation sites is 1. The molecule has 0 aromatic heterocycles. The van der Waals surface area contributed by atoms with E-state index in [2.05, 4.69) is 6.92 Å². The summed E-state index contributed by atoms with van der Waals surface area (Å²) < 4.78 is 10.8. The van der Waals surface area contributed by atoms with Gasteiger partial charge in [0.25, 0.3) is 0 Å². The minimum Gasteiger partial charge on any atom is -0.491 e. The van der Waals surface area contributed by atoms with E-state index in [0.717, 1.165) is 22.6 Å². The SMILES string of the molecule is COCCOc1ccccc1-c1cc(N)ccc1C. The Labute approximate surface area is 114 Å². The predicted molar refractivity (Wildman–Crippen MR) is 78.4 cm³/mol. The fraction of sp³-hybridized carbons (Fsp3) is 0.250. The first kappa shape index (κ1) is 13.4. The lowest BCUT2D eigenvalue weighted by Gasteiger charge is -2.13. The summed E-state index contributed by atoms with van der Waals surface area (Å²) in [5.74, 6) is 0.855. The number of ether oxygens (including phenoxy) is 2. The molecular formula is C16H19NO2. The van der Waals surface area contributed by atoms with Crippen molar-refractivity contribution in [2.24, 2.45) is 0 Å². The normalized spacial score (nSPS) is 10.4. The molecule has 2 rings (SSSR count). The van der Waals surface area contributed by atoms with Gasteiger partial charge in [-0.05, 0) is 36.2 Å². The number of nitrogen functional groups attached to an aromatic ring is 1. The second-order valence-corrected chi connectivity index (χ2v) is 4.41. The van der Waals surface area contributed by atoms with Crippen LogP contribution in [0.1, 0.15) is 5.56 Å². The topological polar surface area (TPSA) is 44.5 Å². The van der Waals surface area contributed by atoms with Gasteiger partial charge in [0.05, 0.1) is 6.61 Å². The van der Waals surface area contributed by atoms with Crippen LogP contribution in [0.15, 0.2) is 42.5 Å². The Kier molecular flexibility index (Phi) is 4.42. The van der Waals surface area contributed by atoms with Gasteiger partial charge in [0.1, 0.15) is 12.4 Å². The molecule has 0 aliphatic heterocycles. The highest BCUT2D eigenvalue weighted by Gasteiger charge is 2.08. The number of hydrogen-bond donors (Lipinski definition) is 1. The number of rotatable bonds is 5. The van der Waals surface area contributed by atoms with Crippen molar-refractivity contribution >= 4 is 5.69 Å². The van der Waals surface area contributed by atoms with Crippen molar-refractivity contribution in [2.45, 2.75) is 6.92 Å². The smallest absolute Gasteiger partial charge is 0.127 e. The Bertz CT molecular complexity index is 552. The summed E-state index contributed by atoms with van der Waals surface area (Å²) in [5.41, 5.74) is 9.97. The van der Waals surface area contributed by atoms with E-state index < -0.39 is 0 Å². The van der Waals surface area contributed by atoms with Crippen LogP contribution in [0.2, 0.25) is 0 Å². The van der Waals surface area contributed by atoms with Crippen molar-refractivity contribution in [3.05, 3.63) is 48.0 Å². The summed E-state index contributed by atoms with van der Waals surface area (Å²) in [6.07, 6.45) is 0. The Hall–Kier alpha value is -2.00. The predicted octanol–water partition coefficient (Wildman–Crippen LogP) is 3.27. The van der Waals surface area contributed by atoms with E-state index in [1.165, 1.54) is 5.56 Å². The van der Waals surface area contributed by atoms with Crippen LogP contribution in [0.5, 0.6) is 5.75 Å². The zero-order chi connectivity index (χ0) is 13.7. The van der Waals surface area contributed by atoms with Gasteiger partial charge in [0.15, 0.2) is 0 Å². The summed E-state index contributed by atoms with van der Waals surface area (Å²) in [6, 6.07) is 13.9. The van der Waals surface area contributed by atoms with Crippen molar-refractivity contribution in [2.75, 3.05) is 26.1 Å². The van der Waals surface area contributed by atoms with Crippen molar-refractivity contribution in [1.82, 2.24) is 0 Å². The molecular weight excluding hydrogens is 238 g/mol. The fourth-order valence-corrected chi connectivity index (χ4v) is 1.98. The Morgan fingerprint density at radius 3 is 2.58 bits per heavy atom. The molecule has 0 saturated heterocycles. The second kappa shape index (κ2) is 6.25. The van der Waals surface area contributed by atoms with Crippen LogP contribution in [-0.2, 0) is 4.74 Å². The lowest BCUT2D eigenvalue weighted by atomic mass is 9.99. The van der Waals surface area contributed by atoms with E-state index in [-0.39, 0.29) is 0 Å². The van der Waals surface area contributed by atoms with E-state index in [1.54, 1.807) is 7.11 Å². The first-order valence-electron chi connectivity index (χ1n) is 6.29. The van der Waals surface area contributed by atoms with Gasteiger partial charge in [0.2, 0.25) is 0 Å². The van der Waals surface area contributed by atoms with Gasteiger partial charge in [-0.3, -0.25) is 0 Å². The first-order valence-corrected chi connectivity index (χ1v) is 6.29. The molecule has 0 aliphatic rings. The molecule has 0 saturated carbocycles. The lowest BCUT2D eigenvalue weighted by Crippen LogP contribution is -2.05. The highest BCUT2D eigenvalue weighted by molar-refractivity contribution is 5.75. The zero-order valence-corrected chi connectivity index (χ0v) is 11.3. The van der Waals surface area contributed by atoms with Crippen LogP contribution in [0.4, 0.5) is 5.69 Å². The Morgan fingerprint density at radius 2 is 1.79 bits per heavy atom. The summed E-state index contributed by atoms with van der Waals surface area (Å²) in [7, 11) is 1.66. The van der Waals surface area contributed by atoms with Crippen molar-refractivity contribution < 1.29 is 9.47 Å². The third kappa shape index (κ3) is 3.26. The number of nitrogens with two attached hydrogens (primary N) is 1. The van der Waals surface area contributed by atoms with Crippen LogP contribution in [0.25, 0.3) is 11.1 Å². The van der Waals surface area contributed by atoms with Crippen LogP contribution in [0.3, 0.4) is 0 Å². The van der Waals surface area contributed by atoms with Crippen LogP contribution in [0, 0.1) is 6.92 Å². The van der Waals surface area contributed by atoms with E-state index in [9.17, 15) is 0 Å². The monoisotopic (exact) mass is 257 g/mol. The molecule has 0 unspecified atom stereocenters. The molecule has 0 fully saturated rings. The minimum atomic E-state index is 0.537. The number of anilines is 1. The lowest BCUT2D eigenvalue weighted by molar-refractivity contribution is 0.146. The summed E-state index contributed by atoms with van der Waals surface area (Å²) in [4.78, 5) is 0. The molecule has 2 N–H and O–H groups in total. The number of benzene rings is 2. The maximum Gasteiger partial charge on any atom is 0.127 e. The molecule has 0 spiro atoms. The standard InChI is InChI=1S/C16H19NO2/c1-12-7-8-13(17)11-15(12)14-5-3-4-6-16(14)19-10-9-18-2/h3-8,11H,9-10,17H2,1-2H3. The molecule has 0 heterocycles. The van der Waals surface area contributed by atoms with E-state index in [4.69, 9.17) is 15.2 Å². The van der Waals surface area contributed by atoms with E-state index in [1.807, 2.05) is 42.5 Å². The largest absolute Gasteiger partial charge is 0.491 e. The molecule has 2 aromatic carbocycles. The zero-order valence-electron chi connectivity index (χ0n) is 11.3. The highest BCUT2D eigenvalue weighted by atomic mass is 16.5.